The molecule has 1 rings (SSSR count). The lowest BCUT2D eigenvalue weighted by Gasteiger charge is -2.44. The van der Waals surface area contributed by atoms with Crippen LogP contribution in [0.1, 0.15) is 60.8 Å². The normalized spacial score (nSPS) is 32.5. The highest BCUT2D eigenvalue weighted by Crippen LogP contribution is 2.47. The van der Waals surface area contributed by atoms with E-state index in [-0.39, 0.29) is 11.0 Å². The van der Waals surface area contributed by atoms with Gasteiger partial charge < -0.3 is 0 Å². The Morgan fingerprint density at radius 1 is 1.11 bits per heavy atom. The minimum absolute atomic E-state index is 0.147. The zero-order chi connectivity index (χ0) is 14.0. The largest absolute Gasteiger partial charge is 0.235 e. The molecule has 108 valence electrons. The molecule has 18 heavy (non-hydrogen) atoms. The second kappa shape index (κ2) is 5.91. The van der Waals surface area contributed by atoms with Crippen molar-refractivity contribution in [3.05, 3.63) is 0 Å². The van der Waals surface area contributed by atoms with Crippen molar-refractivity contribution >= 4 is 23.0 Å². The third-order valence-electron chi connectivity index (χ3n) is 2.94. The number of hydrogen-bond acceptors (Lipinski definition) is 4. The topological polar surface area (TPSA) is 36.9 Å². The standard InChI is InChI=1S/C13H25IO4/c1-10-7-12(5,6)9-13(8-10,17-18-14)16-15-11(2,3)4/h10H,7-9H2,1-6H3. The molecule has 1 aliphatic rings. The van der Waals surface area contributed by atoms with E-state index in [2.05, 4.69) is 20.8 Å². The Morgan fingerprint density at radius 2 is 1.72 bits per heavy atom. The molecule has 1 fully saturated rings. The fourth-order valence-electron chi connectivity index (χ4n) is 2.82. The molecule has 0 N–H and O–H groups in total. The van der Waals surface area contributed by atoms with Crippen LogP contribution in [0.2, 0.25) is 0 Å². The molecular weight excluding hydrogens is 347 g/mol. The Kier molecular flexibility index (Phi) is 5.46. The first-order valence-corrected chi connectivity index (χ1v) is 7.29. The van der Waals surface area contributed by atoms with Crippen LogP contribution in [0.25, 0.3) is 0 Å². The molecule has 0 saturated heterocycles. The van der Waals surface area contributed by atoms with Crippen LogP contribution in [0.15, 0.2) is 0 Å². The van der Waals surface area contributed by atoms with Crippen molar-refractivity contribution < 1.29 is 17.9 Å². The van der Waals surface area contributed by atoms with Gasteiger partial charge in [-0.15, -0.1) is 0 Å². The fourth-order valence-corrected chi connectivity index (χ4v) is 3.15. The average molecular weight is 372 g/mol. The first-order chi connectivity index (χ1) is 8.08. The van der Waals surface area contributed by atoms with Crippen molar-refractivity contribution in [2.45, 2.75) is 72.2 Å². The first-order valence-electron chi connectivity index (χ1n) is 6.41. The summed E-state index contributed by atoms with van der Waals surface area (Å²) in [5.74, 6) is -0.306. The van der Waals surface area contributed by atoms with Crippen molar-refractivity contribution in [1.82, 2.24) is 0 Å². The summed E-state index contributed by atoms with van der Waals surface area (Å²) < 4.78 is 4.86. The van der Waals surface area contributed by atoms with Gasteiger partial charge in [0.1, 0.15) is 0 Å². The van der Waals surface area contributed by atoms with Crippen LogP contribution in [0.4, 0.5) is 0 Å². The molecule has 0 amide bonds. The lowest BCUT2D eigenvalue weighted by Crippen LogP contribution is -2.47. The molecule has 0 aromatic carbocycles. The van der Waals surface area contributed by atoms with E-state index in [0.29, 0.717) is 5.92 Å². The Balaban J connectivity index is 2.78. The summed E-state index contributed by atoms with van der Waals surface area (Å²) in [4.78, 5) is 16.5. The van der Waals surface area contributed by atoms with Crippen molar-refractivity contribution in [2.75, 3.05) is 0 Å². The highest BCUT2D eigenvalue weighted by atomic mass is 127. The Bertz CT molecular complexity index is 275. The Hall–Kier alpha value is 0.570. The predicted molar refractivity (Wildman–Crippen MR) is 77.6 cm³/mol. The molecule has 2 atom stereocenters. The SMILES string of the molecule is CC1CC(C)(C)CC(OOI)(OOC(C)(C)C)C1. The highest BCUT2D eigenvalue weighted by Gasteiger charge is 2.48. The summed E-state index contributed by atoms with van der Waals surface area (Å²) >= 11 is 1.72. The third kappa shape index (κ3) is 5.28. The zero-order valence-corrected chi connectivity index (χ0v) is 14.4. The smallest absolute Gasteiger partial charge is 0.228 e. The summed E-state index contributed by atoms with van der Waals surface area (Å²) in [5, 5.41) is 0. The molecule has 0 spiro atoms. The maximum atomic E-state index is 5.63. The number of hydrogen-bond donors (Lipinski definition) is 0. The second-order valence-electron chi connectivity index (χ2n) is 7.19. The van der Waals surface area contributed by atoms with Gasteiger partial charge in [-0.3, -0.25) is 0 Å². The van der Waals surface area contributed by atoms with Gasteiger partial charge in [-0.25, -0.2) is 4.89 Å². The van der Waals surface area contributed by atoms with E-state index < -0.39 is 5.79 Å². The van der Waals surface area contributed by atoms with Crippen LogP contribution in [-0.2, 0) is 17.9 Å². The van der Waals surface area contributed by atoms with Crippen LogP contribution >= 0.6 is 23.0 Å². The monoisotopic (exact) mass is 372 g/mol. The summed E-state index contributed by atoms with van der Waals surface area (Å²) in [6.07, 6.45) is 2.68. The van der Waals surface area contributed by atoms with Crippen LogP contribution in [-0.4, -0.2) is 11.4 Å². The van der Waals surface area contributed by atoms with Gasteiger partial charge >= 0.3 is 0 Å². The molecule has 0 aliphatic heterocycles. The summed E-state index contributed by atoms with van der Waals surface area (Å²) in [6, 6.07) is 0. The molecule has 0 aromatic heterocycles. The lowest BCUT2D eigenvalue weighted by molar-refractivity contribution is -0.512. The maximum absolute atomic E-state index is 5.63. The predicted octanol–water partition coefficient (Wildman–Crippen LogP) is 4.57. The van der Waals surface area contributed by atoms with Gasteiger partial charge in [-0.1, -0.05) is 20.8 Å². The van der Waals surface area contributed by atoms with Gasteiger partial charge in [0.05, 0.1) is 5.60 Å². The van der Waals surface area contributed by atoms with E-state index in [1.807, 2.05) is 20.8 Å². The molecule has 2 unspecified atom stereocenters. The quantitative estimate of drug-likeness (QED) is 0.314. The van der Waals surface area contributed by atoms with Gasteiger partial charge in [0, 0.05) is 12.8 Å². The first kappa shape index (κ1) is 16.6. The minimum atomic E-state index is -0.810. The van der Waals surface area contributed by atoms with Crippen molar-refractivity contribution in [2.24, 2.45) is 11.3 Å². The lowest BCUT2D eigenvalue weighted by atomic mass is 9.70. The molecule has 0 bridgehead atoms. The fraction of sp³-hybridized carbons (Fsp3) is 1.00. The average Bonchev–Trinajstić information content (AvgIpc) is 2.10. The summed E-state index contributed by atoms with van der Waals surface area (Å²) in [5.41, 5.74) is -0.222. The highest BCUT2D eigenvalue weighted by molar-refractivity contribution is 14.1. The van der Waals surface area contributed by atoms with Crippen LogP contribution in [0.3, 0.4) is 0 Å². The second-order valence-corrected chi connectivity index (χ2v) is 7.55. The molecule has 4 nitrogen and oxygen atoms in total. The minimum Gasteiger partial charge on any atom is -0.228 e. The number of halogens is 1. The molecule has 5 heteroatoms. The molecule has 1 saturated carbocycles. The van der Waals surface area contributed by atoms with Gasteiger partial charge in [-0.2, -0.15) is 13.0 Å². The molecule has 0 aromatic rings. The van der Waals surface area contributed by atoms with Crippen LogP contribution in [0.5, 0.6) is 0 Å². The number of rotatable bonds is 4. The van der Waals surface area contributed by atoms with Gasteiger partial charge in [-0.05, 0) is 38.5 Å². The van der Waals surface area contributed by atoms with E-state index in [1.165, 1.54) is 0 Å². The van der Waals surface area contributed by atoms with E-state index in [9.17, 15) is 0 Å². The van der Waals surface area contributed by atoms with Crippen molar-refractivity contribution in [3.63, 3.8) is 0 Å². The van der Waals surface area contributed by atoms with E-state index in [0.717, 1.165) is 19.3 Å². The van der Waals surface area contributed by atoms with Gasteiger partial charge in [0.25, 0.3) is 0 Å². The molecule has 0 radical (unpaired) electrons. The molecule has 1 aliphatic carbocycles. The maximum Gasteiger partial charge on any atom is 0.235 e. The van der Waals surface area contributed by atoms with Crippen molar-refractivity contribution in [3.8, 4) is 0 Å². The zero-order valence-electron chi connectivity index (χ0n) is 12.2. The Morgan fingerprint density at radius 3 is 2.17 bits per heavy atom. The van der Waals surface area contributed by atoms with E-state index in [4.69, 9.17) is 17.9 Å². The van der Waals surface area contributed by atoms with Crippen LogP contribution in [0, 0.1) is 11.3 Å². The van der Waals surface area contributed by atoms with E-state index in [1.54, 1.807) is 23.0 Å². The molecule has 0 heterocycles. The van der Waals surface area contributed by atoms with Crippen LogP contribution < -0.4 is 0 Å². The summed E-state index contributed by atoms with van der Waals surface area (Å²) in [7, 11) is 0. The third-order valence-corrected chi connectivity index (χ3v) is 3.12. The van der Waals surface area contributed by atoms with E-state index >= 15 is 0 Å². The van der Waals surface area contributed by atoms with Crippen molar-refractivity contribution in [1.29, 1.82) is 0 Å². The summed E-state index contributed by atoms with van der Waals surface area (Å²) in [6.45, 7) is 12.5. The Labute approximate surface area is 124 Å². The van der Waals surface area contributed by atoms with Gasteiger partial charge in [0.2, 0.25) is 5.79 Å². The van der Waals surface area contributed by atoms with Gasteiger partial charge in [0.15, 0.2) is 23.0 Å². The molecular formula is C13H25IO4.